The van der Waals surface area contributed by atoms with Crippen LogP contribution in [0.2, 0.25) is 0 Å². The van der Waals surface area contributed by atoms with Gasteiger partial charge in [-0.3, -0.25) is 0 Å². The Balaban J connectivity index is 1.92. The van der Waals surface area contributed by atoms with Gasteiger partial charge in [0.2, 0.25) is 0 Å². The molecule has 0 radical (unpaired) electrons. The first-order valence-electron chi connectivity index (χ1n) is 8.18. The second kappa shape index (κ2) is 6.83. The zero-order valence-corrected chi connectivity index (χ0v) is 13.4. The maximum Gasteiger partial charge on any atom is 0.0990 e. The van der Waals surface area contributed by atoms with E-state index in [9.17, 15) is 10.2 Å². The van der Waals surface area contributed by atoms with Crippen molar-refractivity contribution in [3.05, 3.63) is 71.8 Å². The second-order valence-corrected chi connectivity index (χ2v) is 6.47. The number of benzene rings is 2. The van der Waals surface area contributed by atoms with E-state index in [2.05, 4.69) is 19.1 Å². The van der Waals surface area contributed by atoms with Crippen LogP contribution in [0, 0.1) is 11.8 Å². The lowest BCUT2D eigenvalue weighted by molar-refractivity contribution is -0.0898. The van der Waals surface area contributed by atoms with Crippen LogP contribution in [0.15, 0.2) is 60.7 Å². The van der Waals surface area contributed by atoms with Crippen LogP contribution in [0.25, 0.3) is 0 Å². The summed E-state index contributed by atoms with van der Waals surface area (Å²) in [6, 6.07) is 20.1. The molecule has 2 aromatic carbocycles. The van der Waals surface area contributed by atoms with Crippen molar-refractivity contribution in [1.29, 1.82) is 0 Å². The first-order valence-corrected chi connectivity index (χ1v) is 8.18. The molecular formula is C20H24O3. The molecule has 3 nitrogen and oxygen atoms in total. The Morgan fingerprint density at radius 1 is 0.957 bits per heavy atom. The Morgan fingerprint density at radius 3 is 2.13 bits per heavy atom. The summed E-state index contributed by atoms with van der Waals surface area (Å²) in [5.41, 5.74) is 1.54. The van der Waals surface area contributed by atoms with E-state index in [1.807, 2.05) is 48.5 Å². The molecule has 0 unspecified atom stereocenters. The summed E-state index contributed by atoms with van der Waals surface area (Å²) in [6.45, 7) is 2.07. The molecule has 1 aliphatic rings. The number of rotatable bonds is 5. The number of ether oxygens (including phenoxy) is 1. The maximum absolute atomic E-state index is 10.1. The van der Waals surface area contributed by atoms with Gasteiger partial charge in [0.1, 0.15) is 0 Å². The predicted molar refractivity (Wildman–Crippen MR) is 90.0 cm³/mol. The normalized spacial score (nSPS) is 30.5. The Labute approximate surface area is 137 Å². The van der Waals surface area contributed by atoms with Crippen molar-refractivity contribution >= 4 is 0 Å². The molecule has 23 heavy (non-hydrogen) atoms. The zero-order valence-electron chi connectivity index (χ0n) is 13.4. The van der Waals surface area contributed by atoms with E-state index in [1.54, 1.807) is 0 Å². The van der Waals surface area contributed by atoms with Crippen molar-refractivity contribution in [2.24, 2.45) is 11.8 Å². The molecule has 3 rings (SSSR count). The molecule has 4 atom stereocenters. The van der Waals surface area contributed by atoms with Gasteiger partial charge < -0.3 is 14.9 Å². The Bertz CT molecular complexity index is 613. The first kappa shape index (κ1) is 16.2. The molecule has 1 aliphatic heterocycles. The molecule has 0 aliphatic carbocycles. The van der Waals surface area contributed by atoms with Gasteiger partial charge in [0, 0.05) is 18.9 Å². The van der Waals surface area contributed by atoms with Crippen LogP contribution in [-0.4, -0.2) is 29.0 Å². The van der Waals surface area contributed by atoms with Gasteiger partial charge in [-0.1, -0.05) is 67.6 Å². The summed E-state index contributed by atoms with van der Waals surface area (Å²) in [6.07, 6.45) is 0.456. The number of aliphatic hydroxyl groups excluding tert-OH is 2. The summed E-state index contributed by atoms with van der Waals surface area (Å²) in [5, 5.41) is 20.0. The highest BCUT2D eigenvalue weighted by Gasteiger charge is 2.52. The van der Waals surface area contributed by atoms with Gasteiger partial charge in [0.25, 0.3) is 0 Å². The third-order valence-corrected chi connectivity index (χ3v) is 5.18. The number of hydrogen-bond acceptors (Lipinski definition) is 3. The van der Waals surface area contributed by atoms with E-state index in [0.717, 1.165) is 11.1 Å². The summed E-state index contributed by atoms with van der Waals surface area (Å²) >= 11 is 0. The van der Waals surface area contributed by atoms with Gasteiger partial charge in [-0.2, -0.15) is 0 Å². The molecule has 0 spiro atoms. The van der Waals surface area contributed by atoms with Crippen LogP contribution in [0.3, 0.4) is 0 Å². The lowest BCUT2D eigenvalue weighted by Gasteiger charge is -2.32. The molecule has 0 bridgehead atoms. The summed E-state index contributed by atoms with van der Waals surface area (Å²) in [7, 11) is 0. The molecule has 122 valence electrons. The Hall–Kier alpha value is -1.68. The van der Waals surface area contributed by atoms with Crippen molar-refractivity contribution in [1.82, 2.24) is 0 Å². The Kier molecular flexibility index (Phi) is 4.81. The number of hydrogen-bond donors (Lipinski definition) is 2. The second-order valence-electron chi connectivity index (χ2n) is 6.47. The fraction of sp³-hybridized carbons (Fsp3) is 0.400. The van der Waals surface area contributed by atoms with E-state index in [0.29, 0.717) is 6.42 Å². The average molecular weight is 312 g/mol. The topological polar surface area (TPSA) is 49.7 Å². The molecule has 2 N–H and O–H groups in total. The van der Waals surface area contributed by atoms with Crippen LogP contribution in [-0.2, 0) is 11.2 Å². The first-order chi connectivity index (χ1) is 11.2. The monoisotopic (exact) mass is 312 g/mol. The third-order valence-electron chi connectivity index (χ3n) is 5.18. The molecule has 0 saturated carbocycles. The van der Waals surface area contributed by atoms with Gasteiger partial charge in [-0.15, -0.1) is 0 Å². The van der Waals surface area contributed by atoms with Gasteiger partial charge in [-0.05, 0) is 17.0 Å². The van der Waals surface area contributed by atoms with Crippen molar-refractivity contribution in [2.45, 2.75) is 25.0 Å². The van der Waals surface area contributed by atoms with E-state index in [-0.39, 0.29) is 31.2 Å². The van der Waals surface area contributed by atoms with Gasteiger partial charge >= 0.3 is 0 Å². The largest absolute Gasteiger partial charge is 0.396 e. The highest BCUT2D eigenvalue weighted by molar-refractivity contribution is 5.24. The minimum absolute atomic E-state index is 0.0201. The minimum atomic E-state index is -0.657. The smallest absolute Gasteiger partial charge is 0.0990 e. The SMILES string of the molecule is C[C@H]1[C@H](CO)[C@H](c2ccccc2)O[C@@]1(CO)Cc1ccccc1. The summed E-state index contributed by atoms with van der Waals surface area (Å²) in [5.74, 6) is 0.0381. The lowest BCUT2D eigenvalue weighted by atomic mass is 9.77. The fourth-order valence-corrected chi connectivity index (χ4v) is 3.69. The van der Waals surface area contributed by atoms with Crippen molar-refractivity contribution < 1.29 is 14.9 Å². The quantitative estimate of drug-likeness (QED) is 0.892. The van der Waals surface area contributed by atoms with E-state index >= 15 is 0 Å². The van der Waals surface area contributed by atoms with Crippen molar-refractivity contribution in [3.63, 3.8) is 0 Å². The molecular weight excluding hydrogens is 288 g/mol. The van der Waals surface area contributed by atoms with Crippen LogP contribution in [0.4, 0.5) is 0 Å². The van der Waals surface area contributed by atoms with Gasteiger partial charge in [-0.25, -0.2) is 0 Å². The zero-order chi connectivity index (χ0) is 16.3. The van der Waals surface area contributed by atoms with E-state index in [4.69, 9.17) is 4.74 Å². The van der Waals surface area contributed by atoms with Crippen LogP contribution in [0.1, 0.15) is 24.2 Å². The predicted octanol–water partition coefficient (Wildman–Crippen LogP) is 2.98. The molecule has 2 aromatic rings. The van der Waals surface area contributed by atoms with Crippen LogP contribution < -0.4 is 0 Å². The van der Waals surface area contributed by atoms with E-state index < -0.39 is 5.60 Å². The number of aliphatic hydroxyl groups is 2. The molecule has 0 amide bonds. The summed E-state index contributed by atoms with van der Waals surface area (Å²) < 4.78 is 6.39. The molecule has 1 fully saturated rings. The fourth-order valence-electron chi connectivity index (χ4n) is 3.69. The summed E-state index contributed by atoms with van der Waals surface area (Å²) in [4.78, 5) is 0. The van der Waals surface area contributed by atoms with Crippen LogP contribution >= 0.6 is 0 Å². The molecule has 1 heterocycles. The van der Waals surface area contributed by atoms with Crippen molar-refractivity contribution in [3.8, 4) is 0 Å². The highest BCUT2D eigenvalue weighted by atomic mass is 16.5. The third kappa shape index (κ3) is 3.05. The standard InChI is InChI=1S/C20H24O3/c1-15-18(13-21)19(17-10-6-3-7-11-17)23-20(15,14-22)12-16-8-4-2-5-9-16/h2-11,15,18-19,21-22H,12-14H2,1H3/t15-,18-,19-,20+/m0/s1. The Morgan fingerprint density at radius 2 is 1.57 bits per heavy atom. The van der Waals surface area contributed by atoms with Crippen molar-refractivity contribution in [2.75, 3.05) is 13.2 Å². The lowest BCUT2D eigenvalue weighted by Crippen LogP contribution is -2.42. The molecule has 0 aromatic heterocycles. The average Bonchev–Trinajstić information content (AvgIpc) is 2.89. The van der Waals surface area contributed by atoms with E-state index in [1.165, 1.54) is 0 Å². The highest BCUT2D eigenvalue weighted by Crippen LogP contribution is 2.49. The maximum atomic E-state index is 10.1. The van der Waals surface area contributed by atoms with Crippen LogP contribution in [0.5, 0.6) is 0 Å². The molecule has 1 saturated heterocycles. The van der Waals surface area contributed by atoms with Gasteiger partial charge in [0.15, 0.2) is 0 Å². The minimum Gasteiger partial charge on any atom is -0.396 e. The molecule has 3 heteroatoms. The van der Waals surface area contributed by atoms with Gasteiger partial charge in [0.05, 0.1) is 18.3 Å².